The fourth-order valence-corrected chi connectivity index (χ4v) is 4.66. The lowest BCUT2D eigenvalue weighted by Gasteiger charge is -2.09. The standard InChI is InChI=1S/C18H19N3O3S2/c1-4-16(22)19-18-20-17-12(3)9-13(10-15(17)25-18)21-26(23,24)14-7-5-6-11(2)8-14/h5-10,21H,4H2,1-3H3,(H,19,20,22). The Morgan fingerprint density at radius 3 is 2.65 bits per heavy atom. The number of carbonyl (C=O) groups excluding carboxylic acids is 1. The summed E-state index contributed by atoms with van der Waals surface area (Å²) in [6.45, 7) is 5.47. The number of thiazole rings is 1. The van der Waals surface area contributed by atoms with Crippen molar-refractivity contribution >= 4 is 48.3 Å². The summed E-state index contributed by atoms with van der Waals surface area (Å²) in [6, 6.07) is 10.2. The van der Waals surface area contributed by atoms with E-state index in [-0.39, 0.29) is 10.8 Å². The molecule has 0 atom stereocenters. The number of aromatic nitrogens is 1. The summed E-state index contributed by atoms with van der Waals surface area (Å²) in [7, 11) is -3.67. The lowest BCUT2D eigenvalue weighted by atomic mass is 10.2. The summed E-state index contributed by atoms with van der Waals surface area (Å²) < 4.78 is 28.6. The van der Waals surface area contributed by atoms with E-state index in [1.54, 1.807) is 37.3 Å². The molecule has 2 N–H and O–H groups in total. The molecule has 0 fully saturated rings. The summed E-state index contributed by atoms with van der Waals surface area (Å²) in [6.07, 6.45) is 0.371. The zero-order valence-electron chi connectivity index (χ0n) is 14.7. The molecule has 1 heterocycles. The molecule has 0 radical (unpaired) electrons. The molecule has 0 aliphatic heterocycles. The van der Waals surface area contributed by atoms with Crippen LogP contribution in [0.4, 0.5) is 10.8 Å². The average molecular weight is 390 g/mol. The average Bonchev–Trinajstić information content (AvgIpc) is 2.97. The molecule has 0 bridgehead atoms. The van der Waals surface area contributed by atoms with Gasteiger partial charge in [-0.05, 0) is 49.2 Å². The van der Waals surface area contributed by atoms with Crippen molar-refractivity contribution in [1.82, 2.24) is 4.98 Å². The molecule has 3 rings (SSSR count). The lowest BCUT2D eigenvalue weighted by Crippen LogP contribution is -2.13. The number of nitrogens with one attached hydrogen (secondary N) is 2. The van der Waals surface area contributed by atoms with E-state index in [9.17, 15) is 13.2 Å². The van der Waals surface area contributed by atoms with Gasteiger partial charge in [0.25, 0.3) is 10.0 Å². The van der Waals surface area contributed by atoms with Gasteiger partial charge in [0.15, 0.2) is 5.13 Å². The minimum atomic E-state index is -3.67. The smallest absolute Gasteiger partial charge is 0.261 e. The van der Waals surface area contributed by atoms with Crippen LogP contribution in [-0.2, 0) is 14.8 Å². The van der Waals surface area contributed by atoms with E-state index in [0.29, 0.717) is 17.2 Å². The van der Waals surface area contributed by atoms with Gasteiger partial charge in [0.05, 0.1) is 20.8 Å². The molecule has 0 saturated carbocycles. The Hall–Kier alpha value is -2.45. The number of carbonyl (C=O) groups is 1. The molecule has 2 aromatic carbocycles. The summed E-state index contributed by atoms with van der Waals surface area (Å²) in [4.78, 5) is 16.2. The largest absolute Gasteiger partial charge is 0.302 e. The first-order valence-electron chi connectivity index (χ1n) is 8.09. The summed E-state index contributed by atoms with van der Waals surface area (Å²) >= 11 is 1.32. The Labute approximate surface area is 156 Å². The van der Waals surface area contributed by atoms with E-state index in [0.717, 1.165) is 21.3 Å². The maximum Gasteiger partial charge on any atom is 0.261 e. The third-order valence-electron chi connectivity index (χ3n) is 3.81. The van der Waals surface area contributed by atoms with E-state index in [1.807, 2.05) is 19.9 Å². The van der Waals surface area contributed by atoms with Gasteiger partial charge in [-0.25, -0.2) is 13.4 Å². The number of amides is 1. The third kappa shape index (κ3) is 3.86. The zero-order valence-corrected chi connectivity index (χ0v) is 16.3. The second-order valence-electron chi connectivity index (χ2n) is 5.98. The number of hydrogen-bond donors (Lipinski definition) is 2. The number of fused-ring (bicyclic) bond motifs is 1. The molecule has 136 valence electrons. The first-order chi connectivity index (χ1) is 12.3. The van der Waals surface area contributed by atoms with Crippen LogP contribution in [-0.4, -0.2) is 19.3 Å². The first-order valence-corrected chi connectivity index (χ1v) is 10.4. The maximum atomic E-state index is 12.6. The van der Waals surface area contributed by atoms with Crippen molar-refractivity contribution in [2.24, 2.45) is 0 Å². The Morgan fingerprint density at radius 2 is 1.96 bits per heavy atom. The number of nitrogens with zero attached hydrogens (tertiary/aromatic N) is 1. The Balaban J connectivity index is 1.94. The predicted octanol–water partition coefficient (Wildman–Crippen LogP) is 4.06. The Bertz CT molecular complexity index is 1090. The van der Waals surface area contributed by atoms with Crippen molar-refractivity contribution in [3.05, 3.63) is 47.5 Å². The van der Waals surface area contributed by atoms with Crippen LogP contribution in [0.3, 0.4) is 0 Å². The zero-order chi connectivity index (χ0) is 18.9. The number of hydrogen-bond acceptors (Lipinski definition) is 5. The van der Waals surface area contributed by atoms with Crippen molar-refractivity contribution < 1.29 is 13.2 Å². The van der Waals surface area contributed by atoms with Gasteiger partial charge in [0.2, 0.25) is 5.91 Å². The fraction of sp³-hybridized carbons (Fsp3) is 0.222. The van der Waals surface area contributed by atoms with E-state index in [4.69, 9.17) is 0 Å². The molecular formula is C18H19N3O3S2. The van der Waals surface area contributed by atoms with Gasteiger partial charge in [0, 0.05) is 6.42 Å². The minimum absolute atomic E-state index is 0.109. The summed E-state index contributed by atoms with van der Waals surface area (Å²) in [5, 5.41) is 3.25. The van der Waals surface area contributed by atoms with Gasteiger partial charge in [-0.2, -0.15) is 0 Å². The number of rotatable bonds is 5. The molecular weight excluding hydrogens is 370 g/mol. The lowest BCUT2D eigenvalue weighted by molar-refractivity contribution is -0.115. The number of anilines is 2. The summed E-state index contributed by atoms with van der Waals surface area (Å²) in [5.41, 5.74) is 2.92. The van der Waals surface area contributed by atoms with E-state index in [1.165, 1.54) is 11.3 Å². The highest BCUT2D eigenvalue weighted by molar-refractivity contribution is 7.92. The van der Waals surface area contributed by atoms with Crippen LogP contribution in [0, 0.1) is 13.8 Å². The van der Waals surface area contributed by atoms with Gasteiger partial charge in [-0.15, -0.1) is 0 Å². The van der Waals surface area contributed by atoms with Gasteiger partial charge in [-0.3, -0.25) is 9.52 Å². The van der Waals surface area contributed by atoms with Crippen LogP contribution in [0.15, 0.2) is 41.3 Å². The number of benzene rings is 2. The number of aryl methyl sites for hydroxylation is 2. The van der Waals surface area contributed by atoms with Crippen LogP contribution >= 0.6 is 11.3 Å². The van der Waals surface area contributed by atoms with Crippen LogP contribution < -0.4 is 10.0 Å². The topological polar surface area (TPSA) is 88.2 Å². The second kappa shape index (κ2) is 7.05. The van der Waals surface area contributed by atoms with E-state index in [2.05, 4.69) is 15.0 Å². The van der Waals surface area contributed by atoms with Gasteiger partial charge in [-0.1, -0.05) is 30.4 Å². The molecule has 0 spiro atoms. The van der Waals surface area contributed by atoms with Gasteiger partial charge < -0.3 is 5.32 Å². The first kappa shape index (κ1) is 18.3. The Kier molecular flexibility index (Phi) is 4.97. The van der Waals surface area contributed by atoms with Crippen molar-refractivity contribution in [3.63, 3.8) is 0 Å². The monoisotopic (exact) mass is 389 g/mol. The molecule has 26 heavy (non-hydrogen) atoms. The highest BCUT2D eigenvalue weighted by atomic mass is 32.2. The van der Waals surface area contributed by atoms with Gasteiger partial charge in [0.1, 0.15) is 0 Å². The molecule has 0 aliphatic rings. The molecule has 0 unspecified atom stereocenters. The van der Waals surface area contributed by atoms with E-state index < -0.39 is 10.0 Å². The van der Waals surface area contributed by atoms with Crippen LogP contribution in [0.1, 0.15) is 24.5 Å². The van der Waals surface area contributed by atoms with Gasteiger partial charge >= 0.3 is 0 Å². The molecule has 0 aliphatic carbocycles. The van der Waals surface area contributed by atoms with Crippen molar-refractivity contribution in [1.29, 1.82) is 0 Å². The molecule has 6 nitrogen and oxygen atoms in total. The predicted molar refractivity (Wildman–Crippen MR) is 105 cm³/mol. The van der Waals surface area contributed by atoms with Crippen molar-refractivity contribution in [2.45, 2.75) is 32.1 Å². The molecule has 1 amide bonds. The normalized spacial score (nSPS) is 11.5. The van der Waals surface area contributed by atoms with Crippen LogP contribution in [0.25, 0.3) is 10.2 Å². The molecule has 3 aromatic rings. The Morgan fingerprint density at radius 1 is 1.19 bits per heavy atom. The van der Waals surface area contributed by atoms with Crippen LogP contribution in [0.2, 0.25) is 0 Å². The van der Waals surface area contributed by atoms with E-state index >= 15 is 0 Å². The quantitative estimate of drug-likeness (QED) is 0.689. The fourth-order valence-electron chi connectivity index (χ4n) is 2.51. The second-order valence-corrected chi connectivity index (χ2v) is 8.70. The molecule has 0 saturated heterocycles. The highest BCUT2D eigenvalue weighted by Gasteiger charge is 2.16. The SMILES string of the molecule is CCC(=O)Nc1nc2c(C)cc(NS(=O)(=O)c3cccc(C)c3)cc2s1. The van der Waals surface area contributed by atoms with Crippen LogP contribution in [0.5, 0.6) is 0 Å². The third-order valence-corrected chi connectivity index (χ3v) is 6.10. The van der Waals surface area contributed by atoms with Crippen molar-refractivity contribution in [3.8, 4) is 0 Å². The summed E-state index contributed by atoms with van der Waals surface area (Å²) in [5.74, 6) is -0.109. The number of sulfonamides is 1. The van der Waals surface area contributed by atoms with Crippen molar-refractivity contribution in [2.75, 3.05) is 10.0 Å². The minimum Gasteiger partial charge on any atom is -0.302 e. The molecule has 8 heteroatoms. The molecule has 1 aromatic heterocycles. The maximum absolute atomic E-state index is 12.6. The highest BCUT2D eigenvalue weighted by Crippen LogP contribution is 2.32.